The van der Waals surface area contributed by atoms with Crippen LogP contribution in [0.1, 0.15) is 5.56 Å². The number of nitrogens with two attached hydrogens (primary N) is 1. The van der Waals surface area contributed by atoms with Crippen LogP contribution in [0, 0.1) is 6.92 Å². The quantitative estimate of drug-likeness (QED) is 0.740. The third-order valence-electron chi connectivity index (χ3n) is 2.30. The number of hydrogen-bond acceptors (Lipinski definition) is 1. The fourth-order valence-corrected chi connectivity index (χ4v) is 1.63. The fraction of sp³-hybridized carbons (Fsp3) is 0.273. The molecule has 2 nitrogen and oxygen atoms in total. The molecule has 2 rings (SSSR count). The summed E-state index contributed by atoms with van der Waals surface area (Å²) in [6.45, 7) is 3.70. The van der Waals surface area contributed by atoms with Crippen LogP contribution in [0.15, 0.2) is 30.5 Å². The molecule has 2 N–H and O–H groups in total. The minimum atomic E-state index is 0.692. The van der Waals surface area contributed by atoms with E-state index in [-0.39, 0.29) is 0 Å². The SMILES string of the molecule is Cc1ccc2ccn(CCN)c2c1. The highest BCUT2D eigenvalue weighted by molar-refractivity contribution is 5.80. The van der Waals surface area contributed by atoms with E-state index in [1.54, 1.807) is 0 Å². The molecule has 0 aliphatic carbocycles. The van der Waals surface area contributed by atoms with Crippen molar-refractivity contribution in [3.8, 4) is 0 Å². The van der Waals surface area contributed by atoms with Crippen molar-refractivity contribution >= 4 is 10.9 Å². The maximum absolute atomic E-state index is 5.53. The topological polar surface area (TPSA) is 30.9 Å². The van der Waals surface area contributed by atoms with Crippen molar-refractivity contribution < 1.29 is 0 Å². The Morgan fingerprint density at radius 2 is 2.15 bits per heavy atom. The molecule has 0 amide bonds. The minimum absolute atomic E-state index is 0.692. The third kappa shape index (κ3) is 1.45. The molecule has 0 saturated carbocycles. The Morgan fingerprint density at radius 3 is 2.92 bits per heavy atom. The molecular formula is C11H14N2. The first-order chi connectivity index (χ1) is 6.31. The Morgan fingerprint density at radius 1 is 1.31 bits per heavy atom. The van der Waals surface area contributed by atoms with E-state index in [0.717, 1.165) is 6.54 Å². The molecule has 0 unspecified atom stereocenters. The number of aryl methyl sites for hydroxylation is 1. The maximum Gasteiger partial charge on any atom is 0.0483 e. The second-order valence-electron chi connectivity index (χ2n) is 3.36. The highest BCUT2D eigenvalue weighted by Gasteiger charge is 1.99. The van der Waals surface area contributed by atoms with E-state index >= 15 is 0 Å². The molecule has 1 heterocycles. The summed E-state index contributed by atoms with van der Waals surface area (Å²) in [4.78, 5) is 0. The van der Waals surface area contributed by atoms with Crippen LogP contribution in [0.4, 0.5) is 0 Å². The minimum Gasteiger partial charge on any atom is -0.346 e. The second kappa shape index (κ2) is 3.23. The summed E-state index contributed by atoms with van der Waals surface area (Å²) >= 11 is 0. The van der Waals surface area contributed by atoms with Gasteiger partial charge in [0.15, 0.2) is 0 Å². The zero-order chi connectivity index (χ0) is 9.26. The van der Waals surface area contributed by atoms with Crippen LogP contribution in [-0.2, 0) is 6.54 Å². The largest absolute Gasteiger partial charge is 0.346 e. The first-order valence-electron chi connectivity index (χ1n) is 4.57. The van der Waals surface area contributed by atoms with E-state index in [2.05, 4.69) is 42.0 Å². The van der Waals surface area contributed by atoms with E-state index in [9.17, 15) is 0 Å². The second-order valence-corrected chi connectivity index (χ2v) is 3.36. The predicted molar refractivity (Wildman–Crippen MR) is 55.7 cm³/mol. The van der Waals surface area contributed by atoms with Crippen molar-refractivity contribution in [2.45, 2.75) is 13.5 Å². The third-order valence-corrected chi connectivity index (χ3v) is 2.30. The van der Waals surface area contributed by atoms with Gasteiger partial charge in [0.2, 0.25) is 0 Å². The number of fused-ring (bicyclic) bond motifs is 1. The molecule has 0 fully saturated rings. The van der Waals surface area contributed by atoms with Gasteiger partial charge in [-0.15, -0.1) is 0 Å². The average molecular weight is 174 g/mol. The highest BCUT2D eigenvalue weighted by atomic mass is 15.0. The monoisotopic (exact) mass is 174 g/mol. The number of rotatable bonds is 2. The van der Waals surface area contributed by atoms with Gasteiger partial charge >= 0.3 is 0 Å². The van der Waals surface area contributed by atoms with Crippen LogP contribution >= 0.6 is 0 Å². The number of aromatic nitrogens is 1. The van der Waals surface area contributed by atoms with Crippen LogP contribution in [0.5, 0.6) is 0 Å². The van der Waals surface area contributed by atoms with Gasteiger partial charge < -0.3 is 10.3 Å². The molecule has 0 atom stereocenters. The van der Waals surface area contributed by atoms with Gasteiger partial charge in [0.1, 0.15) is 0 Å². The van der Waals surface area contributed by atoms with E-state index in [1.165, 1.54) is 16.5 Å². The summed E-state index contributed by atoms with van der Waals surface area (Å²) in [5, 5.41) is 1.29. The molecule has 2 heteroatoms. The molecule has 2 aromatic rings. The summed E-state index contributed by atoms with van der Waals surface area (Å²) in [6.07, 6.45) is 2.09. The lowest BCUT2D eigenvalue weighted by Crippen LogP contribution is -2.08. The van der Waals surface area contributed by atoms with E-state index in [1.807, 2.05) is 0 Å². The zero-order valence-corrected chi connectivity index (χ0v) is 7.83. The maximum atomic E-state index is 5.53. The van der Waals surface area contributed by atoms with Crippen molar-refractivity contribution in [3.05, 3.63) is 36.0 Å². The van der Waals surface area contributed by atoms with Gasteiger partial charge in [-0.2, -0.15) is 0 Å². The Balaban J connectivity index is 2.58. The van der Waals surface area contributed by atoms with Crippen molar-refractivity contribution in [1.82, 2.24) is 4.57 Å². The van der Waals surface area contributed by atoms with Crippen molar-refractivity contribution in [2.24, 2.45) is 5.73 Å². The Bertz CT molecular complexity index is 415. The van der Waals surface area contributed by atoms with Gasteiger partial charge in [0.05, 0.1) is 0 Å². The smallest absolute Gasteiger partial charge is 0.0483 e. The van der Waals surface area contributed by atoms with Crippen LogP contribution in [-0.4, -0.2) is 11.1 Å². The van der Waals surface area contributed by atoms with Gasteiger partial charge in [0, 0.05) is 24.8 Å². The molecule has 0 aliphatic heterocycles. The first-order valence-corrected chi connectivity index (χ1v) is 4.57. The van der Waals surface area contributed by atoms with Crippen LogP contribution in [0.25, 0.3) is 10.9 Å². The lowest BCUT2D eigenvalue weighted by Gasteiger charge is -2.02. The number of benzene rings is 1. The molecule has 0 bridgehead atoms. The van der Waals surface area contributed by atoms with E-state index < -0.39 is 0 Å². The normalized spacial score (nSPS) is 10.9. The molecule has 68 valence electrons. The molecule has 0 saturated heterocycles. The van der Waals surface area contributed by atoms with Crippen molar-refractivity contribution in [1.29, 1.82) is 0 Å². The summed E-state index contributed by atoms with van der Waals surface area (Å²) < 4.78 is 2.20. The molecular weight excluding hydrogens is 160 g/mol. The van der Waals surface area contributed by atoms with Crippen LogP contribution < -0.4 is 5.73 Å². The summed E-state index contributed by atoms with van der Waals surface area (Å²) in [5.74, 6) is 0. The van der Waals surface area contributed by atoms with Gasteiger partial charge in [-0.25, -0.2) is 0 Å². The lowest BCUT2D eigenvalue weighted by molar-refractivity contribution is 0.735. The Labute approximate surface area is 78.0 Å². The van der Waals surface area contributed by atoms with Gasteiger partial charge in [-0.3, -0.25) is 0 Å². The van der Waals surface area contributed by atoms with E-state index in [4.69, 9.17) is 5.73 Å². The van der Waals surface area contributed by atoms with Crippen molar-refractivity contribution in [2.75, 3.05) is 6.54 Å². The van der Waals surface area contributed by atoms with Gasteiger partial charge in [-0.05, 0) is 30.0 Å². The Hall–Kier alpha value is -1.28. The van der Waals surface area contributed by atoms with Gasteiger partial charge in [0.25, 0.3) is 0 Å². The van der Waals surface area contributed by atoms with Crippen LogP contribution in [0.2, 0.25) is 0 Å². The average Bonchev–Trinajstić information content (AvgIpc) is 2.49. The first kappa shape index (κ1) is 8.32. The van der Waals surface area contributed by atoms with Gasteiger partial charge in [-0.1, -0.05) is 12.1 Å². The number of nitrogens with zero attached hydrogens (tertiary/aromatic N) is 1. The fourth-order valence-electron chi connectivity index (χ4n) is 1.63. The zero-order valence-electron chi connectivity index (χ0n) is 7.83. The highest BCUT2D eigenvalue weighted by Crippen LogP contribution is 2.16. The summed E-state index contributed by atoms with van der Waals surface area (Å²) in [7, 11) is 0. The summed E-state index contributed by atoms with van der Waals surface area (Å²) in [5.41, 5.74) is 8.11. The molecule has 0 aliphatic rings. The molecule has 13 heavy (non-hydrogen) atoms. The standard InChI is InChI=1S/C11H14N2/c1-9-2-3-10-4-6-13(7-5-12)11(10)8-9/h2-4,6,8H,5,7,12H2,1H3. The van der Waals surface area contributed by atoms with E-state index in [0.29, 0.717) is 6.54 Å². The Kier molecular flexibility index (Phi) is 2.07. The lowest BCUT2D eigenvalue weighted by atomic mass is 10.2. The molecule has 1 aromatic carbocycles. The van der Waals surface area contributed by atoms with Crippen LogP contribution in [0.3, 0.4) is 0 Å². The predicted octanol–water partition coefficient (Wildman–Crippen LogP) is 1.91. The summed E-state index contributed by atoms with van der Waals surface area (Å²) in [6, 6.07) is 8.61. The number of hydrogen-bond donors (Lipinski definition) is 1. The molecule has 0 spiro atoms. The van der Waals surface area contributed by atoms with Crippen molar-refractivity contribution in [3.63, 3.8) is 0 Å². The molecule has 1 aromatic heterocycles. The molecule has 0 radical (unpaired) electrons.